The molecule has 6 rings (SSSR count). The summed E-state index contributed by atoms with van der Waals surface area (Å²) in [6.45, 7) is 0. The molecule has 0 spiro atoms. The molecule has 4 heteroatoms. The second-order valence-corrected chi connectivity index (χ2v) is 8.56. The molecule has 0 fully saturated rings. The number of benzene rings is 4. The fourth-order valence-corrected chi connectivity index (χ4v) is 4.14. The van der Waals surface area contributed by atoms with Crippen LogP contribution in [0.25, 0.3) is 44.8 Å². The molecular formula is C34H22N2OPt. The number of hydrogen-bond donors (Lipinski definition) is 0. The minimum atomic E-state index is 0. The second-order valence-electron chi connectivity index (χ2n) is 8.56. The van der Waals surface area contributed by atoms with Gasteiger partial charge in [0, 0.05) is 23.9 Å². The molecular weight excluding hydrogens is 647 g/mol. The minimum absolute atomic E-state index is 0. The van der Waals surface area contributed by atoms with E-state index in [0.29, 0.717) is 11.5 Å². The summed E-state index contributed by atoms with van der Waals surface area (Å²) in [6, 6.07) is 46.9. The molecule has 0 saturated heterocycles. The zero-order valence-corrected chi connectivity index (χ0v) is 22.6. The summed E-state index contributed by atoms with van der Waals surface area (Å²) < 4.78 is 6.12. The van der Waals surface area contributed by atoms with Crippen LogP contribution in [0.5, 0.6) is 11.5 Å². The van der Waals surface area contributed by atoms with Crippen molar-refractivity contribution in [3.8, 4) is 56.3 Å². The quantitative estimate of drug-likeness (QED) is 0.167. The van der Waals surface area contributed by atoms with Crippen molar-refractivity contribution in [2.45, 2.75) is 0 Å². The van der Waals surface area contributed by atoms with Crippen LogP contribution in [0.3, 0.4) is 0 Å². The van der Waals surface area contributed by atoms with Gasteiger partial charge in [-0.2, -0.15) is 0 Å². The maximum Gasteiger partial charge on any atom is 2.00 e. The molecule has 184 valence electrons. The van der Waals surface area contributed by atoms with Gasteiger partial charge in [-0.3, -0.25) is 0 Å². The second kappa shape index (κ2) is 11.8. The van der Waals surface area contributed by atoms with Crippen molar-refractivity contribution in [3.63, 3.8) is 0 Å². The Kier molecular flexibility index (Phi) is 7.87. The van der Waals surface area contributed by atoms with Gasteiger partial charge >= 0.3 is 21.1 Å². The normalized spacial score (nSPS) is 10.4. The van der Waals surface area contributed by atoms with Gasteiger partial charge in [0.05, 0.1) is 0 Å². The smallest absolute Gasteiger partial charge is 0.497 e. The summed E-state index contributed by atoms with van der Waals surface area (Å²) in [5.74, 6) is 1.21. The Balaban J connectivity index is 0.00000294. The summed E-state index contributed by atoms with van der Waals surface area (Å²) in [7, 11) is 0. The van der Waals surface area contributed by atoms with E-state index in [1.165, 1.54) is 0 Å². The van der Waals surface area contributed by atoms with E-state index < -0.39 is 0 Å². The number of pyridine rings is 2. The van der Waals surface area contributed by atoms with Crippen molar-refractivity contribution in [3.05, 3.63) is 146 Å². The predicted octanol–water partition coefficient (Wildman–Crippen LogP) is 8.53. The molecule has 6 aromatic rings. The first kappa shape index (κ1) is 25.3. The van der Waals surface area contributed by atoms with Crippen molar-refractivity contribution in [2.24, 2.45) is 0 Å². The van der Waals surface area contributed by atoms with Gasteiger partial charge in [-0.1, -0.05) is 97.1 Å². The van der Waals surface area contributed by atoms with E-state index in [1.807, 2.05) is 97.3 Å². The zero-order valence-electron chi connectivity index (χ0n) is 20.3. The Morgan fingerprint density at radius 1 is 0.421 bits per heavy atom. The topological polar surface area (TPSA) is 35.0 Å². The van der Waals surface area contributed by atoms with Crippen molar-refractivity contribution >= 4 is 0 Å². The molecule has 0 bridgehead atoms. The van der Waals surface area contributed by atoms with E-state index >= 15 is 0 Å². The fraction of sp³-hybridized carbons (Fsp3) is 0. The van der Waals surface area contributed by atoms with E-state index in [1.54, 1.807) is 0 Å². The average molecular weight is 670 g/mol. The SMILES string of the molecule is [Pt+2].[c-]1c(Oc2[c-]c(-c3ccc(-c4ccccc4)cn3)ccc2)cccc1-c1ccc(-c2ccccc2)cn1. The Bertz CT molecular complexity index is 1490. The zero-order chi connectivity index (χ0) is 24.9. The first-order valence-corrected chi connectivity index (χ1v) is 12.1. The molecule has 3 nitrogen and oxygen atoms in total. The summed E-state index contributed by atoms with van der Waals surface area (Å²) in [4.78, 5) is 9.31. The van der Waals surface area contributed by atoms with Gasteiger partial charge in [-0.25, -0.2) is 0 Å². The molecule has 0 aliphatic carbocycles. The predicted molar refractivity (Wildman–Crippen MR) is 148 cm³/mol. The van der Waals surface area contributed by atoms with Crippen molar-refractivity contribution in [1.82, 2.24) is 9.97 Å². The van der Waals surface area contributed by atoms with E-state index in [9.17, 15) is 0 Å². The molecule has 0 unspecified atom stereocenters. The molecule has 0 atom stereocenters. The fourth-order valence-electron chi connectivity index (χ4n) is 4.14. The largest absolute Gasteiger partial charge is 2.00 e. The molecule has 38 heavy (non-hydrogen) atoms. The van der Waals surface area contributed by atoms with E-state index in [-0.39, 0.29) is 21.1 Å². The maximum atomic E-state index is 6.12. The first-order valence-electron chi connectivity index (χ1n) is 12.1. The third kappa shape index (κ3) is 5.80. The van der Waals surface area contributed by atoms with Crippen LogP contribution < -0.4 is 4.74 Å². The molecule has 2 heterocycles. The molecule has 0 saturated carbocycles. The number of rotatable bonds is 6. The van der Waals surface area contributed by atoms with Crippen molar-refractivity contribution in [2.75, 3.05) is 0 Å². The summed E-state index contributed by atoms with van der Waals surface area (Å²) in [5, 5.41) is 0. The van der Waals surface area contributed by atoms with Gasteiger partial charge in [0.15, 0.2) is 0 Å². The third-order valence-electron chi connectivity index (χ3n) is 6.05. The average Bonchev–Trinajstić information content (AvgIpc) is 2.99. The van der Waals surface area contributed by atoms with Crippen LogP contribution in [0.2, 0.25) is 0 Å². The summed E-state index contributed by atoms with van der Waals surface area (Å²) >= 11 is 0. The molecule has 0 aliphatic rings. The van der Waals surface area contributed by atoms with E-state index in [4.69, 9.17) is 4.74 Å². The standard InChI is InChI=1S/C34H22N2O.Pt/c1-3-9-25(10-4-1)29-17-19-33(35-23-29)27-13-7-15-31(21-27)37-32-16-8-14-28(22-32)34-20-18-30(24-36-34)26-11-5-2-6-12-26;/h1-20,23-24H;/q-2;+2. The molecule has 4 aromatic carbocycles. The molecule has 0 amide bonds. The molecule has 0 aliphatic heterocycles. The van der Waals surface area contributed by atoms with Gasteiger partial charge in [-0.15, -0.1) is 47.5 Å². The Morgan fingerprint density at radius 2 is 0.868 bits per heavy atom. The van der Waals surface area contributed by atoms with Crippen LogP contribution in [0.1, 0.15) is 0 Å². The van der Waals surface area contributed by atoms with Gasteiger partial charge < -0.3 is 14.7 Å². The molecule has 0 N–H and O–H groups in total. The van der Waals surface area contributed by atoms with E-state index in [0.717, 1.165) is 44.8 Å². The third-order valence-corrected chi connectivity index (χ3v) is 6.05. The minimum Gasteiger partial charge on any atom is -0.497 e. The number of aromatic nitrogens is 2. The summed E-state index contributed by atoms with van der Waals surface area (Å²) in [5.41, 5.74) is 7.85. The Hall–Kier alpha value is -4.33. The van der Waals surface area contributed by atoms with Gasteiger partial charge in [0.2, 0.25) is 0 Å². The van der Waals surface area contributed by atoms with Crippen LogP contribution >= 0.6 is 0 Å². The Labute approximate surface area is 237 Å². The molecule has 0 radical (unpaired) electrons. The van der Waals surface area contributed by atoms with E-state index in [2.05, 4.69) is 58.5 Å². The van der Waals surface area contributed by atoms with Crippen LogP contribution in [-0.4, -0.2) is 9.97 Å². The van der Waals surface area contributed by atoms with Crippen LogP contribution in [0, 0.1) is 12.1 Å². The van der Waals surface area contributed by atoms with Crippen LogP contribution in [-0.2, 0) is 21.1 Å². The molecule has 2 aromatic heterocycles. The first-order chi connectivity index (χ1) is 18.3. The number of ether oxygens (including phenoxy) is 1. The Morgan fingerprint density at radius 3 is 1.26 bits per heavy atom. The van der Waals surface area contributed by atoms with Gasteiger partial charge in [0.1, 0.15) is 0 Å². The monoisotopic (exact) mass is 669 g/mol. The van der Waals surface area contributed by atoms with Crippen LogP contribution in [0.15, 0.2) is 134 Å². The van der Waals surface area contributed by atoms with Crippen molar-refractivity contribution in [1.29, 1.82) is 0 Å². The van der Waals surface area contributed by atoms with Gasteiger partial charge in [0.25, 0.3) is 0 Å². The summed E-state index contributed by atoms with van der Waals surface area (Å²) in [6.07, 6.45) is 3.78. The van der Waals surface area contributed by atoms with Gasteiger partial charge in [-0.05, 0) is 33.6 Å². The number of nitrogens with zero attached hydrogens (tertiary/aromatic N) is 2. The number of hydrogen-bond acceptors (Lipinski definition) is 3. The maximum absolute atomic E-state index is 6.12. The van der Waals surface area contributed by atoms with Crippen molar-refractivity contribution < 1.29 is 25.8 Å². The van der Waals surface area contributed by atoms with Crippen LogP contribution in [0.4, 0.5) is 0 Å².